The molecule has 0 rings (SSSR count). The maximum atomic E-state index is 10.1. The zero-order valence-electron chi connectivity index (χ0n) is 5.89. The Balaban J connectivity index is 3.71. The smallest absolute Gasteiger partial charge is 0.406 e. The number of carbonyl (C=O) groups is 1. The van der Waals surface area contributed by atoms with E-state index in [4.69, 9.17) is 5.73 Å². The van der Waals surface area contributed by atoms with E-state index < -0.39 is 11.8 Å². The predicted molar refractivity (Wildman–Crippen MR) is 33.8 cm³/mol. The molecule has 0 unspecified atom stereocenters. The van der Waals surface area contributed by atoms with Gasteiger partial charge in [0.05, 0.1) is 0 Å². The number of hydrogen-bond acceptors (Lipinski definition) is 3. The monoisotopic (exact) mass is 132 g/mol. The van der Waals surface area contributed by atoms with Gasteiger partial charge in [0.1, 0.15) is 0 Å². The summed E-state index contributed by atoms with van der Waals surface area (Å²) in [5, 5.41) is 2.75. The molecule has 0 spiro atoms. The van der Waals surface area contributed by atoms with Crippen LogP contribution in [0.4, 0.5) is 4.79 Å². The van der Waals surface area contributed by atoms with Crippen molar-refractivity contribution in [3.05, 3.63) is 0 Å². The van der Waals surface area contributed by atoms with Crippen molar-refractivity contribution < 1.29 is 9.53 Å². The van der Waals surface area contributed by atoms with E-state index in [-0.39, 0.29) is 0 Å². The molecule has 0 atom stereocenters. The van der Waals surface area contributed by atoms with E-state index >= 15 is 0 Å². The average molecular weight is 132 g/mol. The molecule has 1 amide bonds. The van der Waals surface area contributed by atoms with Crippen LogP contribution in [0, 0.1) is 0 Å². The first-order valence-electron chi connectivity index (χ1n) is 2.65. The lowest BCUT2D eigenvalue weighted by Gasteiger charge is -2.22. The predicted octanol–water partition coefficient (Wildman–Crippen LogP) is 0.0372. The number of carbonyl (C=O) groups excluding carboxylic acids is 1. The molecule has 0 saturated carbocycles. The molecule has 0 fully saturated rings. The molecule has 0 aliphatic heterocycles. The molecule has 0 saturated heterocycles. The van der Waals surface area contributed by atoms with E-state index in [0.717, 1.165) is 0 Å². The highest BCUT2D eigenvalue weighted by atomic mass is 16.6. The highest BCUT2D eigenvalue weighted by Crippen LogP contribution is 2.01. The summed E-state index contributed by atoms with van der Waals surface area (Å²) in [5.74, 6) is 0. The molecule has 0 bridgehead atoms. The van der Waals surface area contributed by atoms with Gasteiger partial charge in [-0.05, 0) is 20.9 Å². The van der Waals surface area contributed by atoms with Crippen LogP contribution in [0.25, 0.3) is 0 Å². The maximum Gasteiger partial charge on any atom is 0.406 e. The fourth-order valence-corrected chi connectivity index (χ4v) is 0.303. The molecule has 0 aromatic carbocycles. The van der Waals surface area contributed by atoms with Gasteiger partial charge in [-0.3, -0.25) is 5.32 Å². The van der Waals surface area contributed by atoms with Crippen molar-refractivity contribution in [1.82, 2.24) is 5.32 Å². The van der Waals surface area contributed by atoms with Gasteiger partial charge < -0.3 is 10.5 Å². The minimum absolute atomic E-state index is 0.661. The summed E-state index contributed by atoms with van der Waals surface area (Å²) in [6, 6.07) is 0. The van der Waals surface area contributed by atoms with Crippen LogP contribution >= 0.6 is 0 Å². The fraction of sp³-hybridized carbons (Fsp3) is 0.800. The Hall–Kier alpha value is -0.770. The third-order valence-corrected chi connectivity index (χ3v) is 0.958. The molecule has 0 aliphatic rings. The fourth-order valence-electron chi connectivity index (χ4n) is 0.303. The Kier molecular flexibility index (Phi) is 2.45. The van der Waals surface area contributed by atoms with Crippen molar-refractivity contribution in [2.24, 2.45) is 5.73 Å². The zero-order valence-corrected chi connectivity index (χ0v) is 5.89. The first kappa shape index (κ1) is 8.23. The summed E-state index contributed by atoms with van der Waals surface area (Å²) in [4.78, 5) is 10.1. The third kappa shape index (κ3) is 3.78. The lowest BCUT2D eigenvalue weighted by molar-refractivity contribution is 0.0251. The topological polar surface area (TPSA) is 64.3 Å². The second kappa shape index (κ2) is 2.68. The van der Waals surface area contributed by atoms with E-state index in [1.54, 1.807) is 20.9 Å². The van der Waals surface area contributed by atoms with Gasteiger partial charge in [0.2, 0.25) is 0 Å². The van der Waals surface area contributed by atoms with Gasteiger partial charge in [0.15, 0.2) is 5.72 Å². The summed E-state index contributed by atoms with van der Waals surface area (Å²) in [7, 11) is 1.68. The molecule has 0 radical (unpaired) electrons. The van der Waals surface area contributed by atoms with E-state index in [2.05, 4.69) is 10.1 Å². The minimum Gasteiger partial charge on any atom is -0.429 e. The van der Waals surface area contributed by atoms with E-state index in [1.807, 2.05) is 0 Å². The van der Waals surface area contributed by atoms with Gasteiger partial charge in [0, 0.05) is 0 Å². The Morgan fingerprint density at radius 2 is 2.11 bits per heavy atom. The Morgan fingerprint density at radius 1 is 1.67 bits per heavy atom. The number of amides is 1. The van der Waals surface area contributed by atoms with Crippen LogP contribution < -0.4 is 11.1 Å². The van der Waals surface area contributed by atoms with Gasteiger partial charge >= 0.3 is 6.09 Å². The highest BCUT2D eigenvalue weighted by molar-refractivity contribution is 5.65. The lowest BCUT2D eigenvalue weighted by atomic mass is 10.3. The molecule has 54 valence electrons. The highest BCUT2D eigenvalue weighted by Gasteiger charge is 2.17. The molecular weight excluding hydrogens is 120 g/mol. The average Bonchev–Trinajstić information content (AvgIpc) is 1.63. The number of nitrogens with two attached hydrogens (primary N) is 1. The summed E-state index contributed by atoms with van der Waals surface area (Å²) >= 11 is 0. The van der Waals surface area contributed by atoms with Gasteiger partial charge in [-0.15, -0.1) is 0 Å². The molecule has 0 aromatic heterocycles. The van der Waals surface area contributed by atoms with Crippen LogP contribution in [0.3, 0.4) is 0 Å². The second-order valence-corrected chi connectivity index (χ2v) is 2.18. The van der Waals surface area contributed by atoms with Crippen molar-refractivity contribution in [2.45, 2.75) is 19.6 Å². The Bertz CT molecular complexity index is 112. The van der Waals surface area contributed by atoms with E-state index in [1.165, 1.54) is 0 Å². The molecule has 0 heterocycles. The number of primary amides is 1. The third-order valence-electron chi connectivity index (χ3n) is 0.958. The van der Waals surface area contributed by atoms with Gasteiger partial charge in [-0.25, -0.2) is 4.79 Å². The Morgan fingerprint density at radius 3 is 2.22 bits per heavy atom. The van der Waals surface area contributed by atoms with E-state index in [0.29, 0.717) is 0 Å². The summed E-state index contributed by atoms with van der Waals surface area (Å²) in [6.45, 7) is 3.41. The van der Waals surface area contributed by atoms with Crippen LogP contribution in [0.2, 0.25) is 0 Å². The molecule has 9 heavy (non-hydrogen) atoms. The first-order chi connectivity index (χ1) is 3.98. The maximum absolute atomic E-state index is 10.1. The van der Waals surface area contributed by atoms with E-state index in [9.17, 15) is 4.79 Å². The lowest BCUT2D eigenvalue weighted by Crippen LogP contribution is -2.42. The van der Waals surface area contributed by atoms with Crippen molar-refractivity contribution in [3.8, 4) is 0 Å². The SMILES string of the molecule is CNC(C)(C)OC(N)=O. The molecule has 0 aliphatic carbocycles. The second-order valence-electron chi connectivity index (χ2n) is 2.18. The molecule has 3 N–H and O–H groups in total. The number of hydrogen-bond donors (Lipinski definition) is 2. The number of ether oxygens (including phenoxy) is 1. The normalized spacial score (nSPS) is 11.0. The van der Waals surface area contributed by atoms with Gasteiger partial charge in [-0.2, -0.15) is 0 Å². The Labute approximate surface area is 54.4 Å². The minimum atomic E-state index is -0.769. The van der Waals surface area contributed by atoms with Crippen LogP contribution in [0.15, 0.2) is 0 Å². The number of rotatable bonds is 2. The van der Waals surface area contributed by atoms with Crippen molar-refractivity contribution in [2.75, 3.05) is 7.05 Å². The molecule has 0 aromatic rings. The van der Waals surface area contributed by atoms with Crippen LogP contribution in [0.5, 0.6) is 0 Å². The van der Waals surface area contributed by atoms with Gasteiger partial charge in [0.25, 0.3) is 0 Å². The summed E-state index contributed by atoms with van der Waals surface area (Å²) in [5.41, 5.74) is 4.09. The molecular formula is C5H12N2O2. The molecule has 4 heteroatoms. The van der Waals surface area contributed by atoms with Gasteiger partial charge in [-0.1, -0.05) is 0 Å². The first-order valence-corrected chi connectivity index (χ1v) is 2.65. The summed E-state index contributed by atoms with van der Waals surface area (Å²) in [6.07, 6.45) is -0.769. The largest absolute Gasteiger partial charge is 0.429 e. The van der Waals surface area contributed by atoms with Crippen LogP contribution in [-0.4, -0.2) is 18.9 Å². The number of nitrogens with one attached hydrogen (secondary N) is 1. The van der Waals surface area contributed by atoms with Crippen molar-refractivity contribution in [1.29, 1.82) is 0 Å². The standard InChI is InChI=1S/C5H12N2O2/c1-5(2,7-3)9-4(6)8/h7H,1-3H3,(H2,6,8). The van der Waals surface area contributed by atoms with Crippen molar-refractivity contribution in [3.63, 3.8) is 0 Å². The zero-order chi connectivity index (χ0) is 7.49. The molecule has 4 nitrogen and oxygen atoms in total. The quantitative estimate of drug-likeness (QED) is 0.521. The summed E-state index contributed by atoms with van der Waals surface area (Å²) < 4.78 is 4.61. The van der Waals surface area contributed by atoms with Crippen molar-refractivity contribution >= 4 is 6.09 Å². The van der Waals surface area contributed by atoms with Crippen LogP contribution in [0.1, 0.15) is 13.8 Å². The van der Waals surface area contributed by atoms with Crippen LogP contribution in [-0.2, 0) is 4.74 Å².